The number of nitrogens with zero attached hydrogens (tertiary/aromatic N) is 4. The van der Waals surface area contributed by atoms with Crippen molar-refractivity contribution in [3.8, 4) is 0 Å². The third-order valence-electron chi connectivity index (χ3n) is 5.45. The highest BCUT2D eigenvalue weighted by atomic mass is 32.2. The summed E-state index contributed by atoms with van der Waals surface area (Å²) in [5, 5.41) is 3.75. The highest BCUT2D eigenvalue weighted by molar-refractivity contribution is 7.98. The Morgan fingerprint density at radius 3 is 2.32 bits per heavy atom. The molecule has 1 aromatic carbocycles. The summed E-state index contributed by atoms with van der Waals surface area (Å²) in [6.45, 7) is 15.8. The number of hydrogen-bond donors (Lipinski definition) is 1. The number of rotatable bonds is 8. The normalized spacial score (nSPS) is 15.0. The Morgan fingerprint density at radius 1 is 1.06 bits per heavy atom. The molecule has 2 aromatic rings. The largest absolute Gasteiger partial charge is 0.354 e. The Kier molecular flexibility index (Phi) is 8.32. The second-order valence-electron chi connectivity index (χ2n) is 8.62. The van der Waals surface area contributed by atoms with E-state index in [2.05, 4.69) is 42.0 Å². The molecule has 1 aliphatic rings. The van der Waals surface area contributed by atoms with Crippen LogP contribution in [0.1, 0.15) is 62.2 Å². The molecule has 6 nitrogen and oxygen atoms in total. The molecule has 1 N–H and O–H groups in total. The fourth-order valence-electron chi connectivity index (χ4n) is 3.49. The summed E-state index contributed by atoms with van der Waals surface area (Å²) in [5.41, 5.74) is 2.93. The van der Waals surface area contributed by atoms with E-state index in [1.54, 1.807) is 11.8 Å². The van der Waals surface area contributed by atoms with Crippen LogP contribution in [0.4, 0.5) is 5.82 Å². The zero-order valence-corrected chi connectivity index (χ0v) is 20.2. The van der Waals surface area contributed by atoms with Crippen molar-refractivity contribution in [1.29, 1.82) is 0 Å². The Morgan fingerprint density at radius 2 is 1.74 bits per heavy atom. The van der Waals surface area contributed by atoms with Crippen LogP contribution in [0.3, 0.4) is 0 Å². The van der Waals surface area contributed by atoms with Gasteiger partial charge < -0.3 is 15.1 Å². The third kappa shape index (κ3) is 6.68. The van der Waals surface area contributed by atoms with Crippen LogP contribution in [0.15, 0.2) is 35.5 Å². The van der Waals surface area contributed by atoms with Gasteiger partial charge in [-0.05, 0) is 44.0 Å². The first-order chi connectivity index (χ1) is 14.9. The van der Waals surface area contributed by atoms with Crippen LogP contribution in [-0.2, 0) is 5.75 Å². The fourth-order valence-corrected chi connectivity index (χ4v) is 4.31. The van der Waals surface area contributed by atoms with Gasteiger partial charge in [0.2, 0.25) is 0 Å². The van der Waals surface area contributed by atoms with Crippen molar-refractivity contribution in [2.75, 3.05) is 37.6 Å². The number of piperazine rings is 1. The second kappa shape index (κ2) is 11.0. The molecule has 168 valence electrons. The molecule has 0 saturated carbocycles. The van der Waals surface area contributed by atoms with Gasteiger partial charge in [0.25, 0.3) is 5.91 Å². The molecule has 0 unspecified atom stereocenters. The van der Waals surface area contributed by atoms with E-state index in [0.29, 0.717) is 11.5 Å². The first-order valence-corrected chi connectivity index (χ1v) is 12.2. The minimum Gasteiger partial charge on any atom is -0.354 e. The van der Waals surface area contributed by atoms with Crippen molar-refractivity contribution in [3.05, 3.63) is 47.2 Å². The number of carbonyl (C=O) groups is 1. The highest BCUT2D eigenvalue weighted by Gasteiger charge is 2.19. The number of benzene rings is 1. The van der Waals surface area contributed by atoms with Gasteiger partial charge in [-0.1, -0.05) is 44.7 Å². The van der Waals surface area contributed by atoms with Gasteiger partial charge in [-0.2, -0.15) is 0 Å². The maximum Gasteiger partial charge on any atom is 0.251 e. The van der Waals surface area contributed by atoms with Gasteiger partial charge in [0.05, 0.1) is 0 Å². The van der Waals surface area contributed by atoms with Crippen molar-refractivity contribution in [1.82, 2.24) is 20.2 Å². The smallest absolute Gasteiger partial charge is 0.251 e. The van der Waals surface area contributed by atoms with Crippen LogP contribution < -0.4 is 10.2 Å². The zero-order valence-electron chi connectivity index (χ0n) is 19.4. The molecule has 1 amide bonds. The molecule has 1 aliphatic heterocycles. The van der Waals surface area contributed by atoms with Crippen LogP contribution in [0.2, 0.25) is 0 Å². The van der Waals surface area contributed by atoms with Crippen LogP contribution in [-0.4, -0.2) is 59.5 Å². The predicted octanol–water partition coefficient (Wildman–Crippen LogP) is 4.17. The van der Waals surface area contributed by atoms with E-state index in [-0.39, 0.29) is 11.9 Å². The third-order valence-corrected chi connectivity index (χ3v) is 6.37. The number of thioether (sulfide) groups is 1. The molecule has 2 heterocycles. The molecule has 31 heavy (non-hydrogen) atoms. The quantitative estimate of drug-likeness (QED) is 0.490. The fraction of sp³-hybridized carbons (Fsp3) is 0.542. The first kappa shape index (κ1) is 23.5. The standard InChI is InChI=1S/C24H35N5OS/c1-6-28-11-13-29(14-12-28)22-15-21(17(2)3)26-24(27-22)31-16-19-7-9-20(10-8-19)23(30)25-18(4)5/h7-10,15,17-18H,6,11-14,16H2,1-5H3,(H,25,30). The van der Waals surface area contributed by atoms with Crippen molar-refractivity contribution in [2.45, 2.75) is 57.5 Å². The van der Waals surface area contributed by atoms with Crippen molar-refractivity contribution in [3.63, 3.8) is 0 Å². The van der Waals surface area contributed by atoms with Crippen molar-refractivity contribution < 1.29 is 4.79 Å². The Labute approximate surface area is 190 Å². The Hall–Kier alpha value is -2.12. The van der Waals surface area contributed by atoms with E-state index in [9.17, 15) is 4.79 Å². The summed E-state index contributed by atoms with van der Waals surface area (Å²) in [4.78, 5) is 26.7. The summed E-state index contributed by atoms with van der Waals surface area (Å²) >= 11 is 1.65. The van der Waals surface area contributed by atoms with Crippen molar-refractivity contribution >= 4 is 23.5 Å². The number of nitrogens with one attached hydrogen (secondary N) is 1. The highest BCUT2D eigenvalue weighted by Crippen LogP contribution is 2.26. The van der Waals surface area contributed by atoms with E-state index in [0.717, 1.165) is 60.7 Å². The predicted molar refractivity (Wildman–Crippen MR) is 129 cm³/mol. The lowest BCUT2D eigenvalue weighted by molar-refractivity contribution is 0.0943. The summed E-state index contributed by atoms with van der Waals surface area (Å²) in [6.07, 6.45) is 0. The molecule has 0 spiro atoms. The number of aromatic nitrogens is 2. The molecule has 1 fully saturated rings. The molecule has 3 rings (SSSR count). The number of amides is 1. The van der Waals surface area contributed by atoms with Gasteiger partial charge >= 0.3 is 0 Å². The second-order valence-corrected chi connectivity index (χ2v) is 9.57. The van der Waals surface area contributed by atoms with E-state index >= 15 is 0 Å². The number of carbonyl (C=O) groups excluding carboxylic acids is 1. The minimum atomic E-state index is -0.0324. The topological polar surface area (TPSA) is 61.4 Å². The molecule has 0 aliphatic carbocycles. The molecule has 1 aromatic heterocycles. The summed E-state index contributed by atoms with van der Waals surface area (Å²) in [7, 11) is 0. The van der Waals surface area contributed by atoms with Crippen LogP contribution in [0.5, 0.6) is 0 Å². The molecular formula is C24H35N5OS. The van der Waals surface area contributed by atoms with Gasteiger partial charge in [0.1, 0.15) is 5.82 Å². The minimum absolute atomic E-state index is 0.0324. The summed E-state index contributed by atoms with van der Waals surface area (Å²) < 4.78 is 0. The summed E-state index contributed by atoms with van der Waals surface area (Å²) in [5.74, 6) is 2.14. The van der Waals surface area contributed by atoms with Gasteiger partial charge in [-0.15, -0.1) is 0 Å². The monoisotopic (exact) mass is 441 g/mol. The average Bonchev–Trinajstić information content (AvgIpc) is 2.77. The van der Waals surface area contributed by atoms with Crippen LogP contribution >= 0.6 is 11.8 Å². The molecule has 7 heteroatoms. The van der Waals surface area contributed by atoms with E-state index in [1.165, 1.54) is 0 Å². The van der Waals surface area contributed by atoms with E-state index < -0.39 is 0 Å². The number of likely N-dealkylation sites (N-methyl/N-ethyl adjacent to an activating group) is 1. The maximum atomic E-state index is 12.1. The molecule has 0 atom stereocenters. The Balaban J connectivity index is 1.68. The lowest BCUT2D eigenvalue weighted by atomic mass is 10.1. The van der Waals surface area contributed by atoms with Crippen LogP contribution in [0.25, 0.3) is 0 Å². The SMILES string of the molecule is CCN1CCN(c2cc(C(C)C)nc(SCc3ccc(C(=O)NC(C)C)cc3)n2)CC1. The average molecular weight is 442 g/mol. The summed E-state index contributed by atoms with van der Waals surface area (Å²) in [6, 6.07) is 10.1. The van der Waals surface area contributed by atoms with E-state index in [4.69, 9.17) is 9.97 Å². The molecule has 0 radical (unpaired) electrons. The van der Waals surface area contributed by atoms with E-state index in [1.807, 2.05) is 38.1 Å². The molecule has 1 saturated heterocycles. The van der Waals surface area contributed by atoms with Gasteiger partial charge in [0, 0.05) is 55.3 Å². The van der Waals surface area contributed by atoms with Gasteiger partial charge in [0.15, 0.2) is 5.16 Å². The maximum absolute atomic E-state index is 12.1. The van der Waals surface area contributed by atoms with Gasteiger partial charge in [-0.3, -0.25) is 4.79 Å². The molecular weight excluding hydrogens is 406 g/mol. The number of hydrogen-bond acceptors (Lipinski definition) is 6. The van der Waals surface area contributed by atoms with Crippen molar-refractivity contribution in [2.24, 2.45) is 0 Å². The lowest BCUT2D eigenvalue weighted by Crippen LogP contribution is -2.46. The zero-order chi connectivity index (χ0) is 22.4. The van der Waals surface area contributed by atoms with Crippen LogP contribution in [0, 0.1) is 0 Å². The number of anilines is 1. The lowest BCUT2D eigenvalue weighted by Gasteiger charge is -2.35. The molecule has 0 bridgehead atoms. The Bertz CT molecular complexity index is 861. The van der Waals surface area contributed by atoms with Gasteiger partial charge in [-0.25, -0.2) is 9.97 Å². The first-order valence-electron chi connectivity index (χ1n) is 11.2.